The Morgan fingerprint density at radius 2 is 2.11 bits per heavy atom. The maximum atomic E-state index is 13.7. The molecular formula is C15H13ClFNO. The molecule has 98 valence electrons. The Labute approximate surface area is 116 Å². The molecular weight excluding hydrogens is 265 g/mol. The smallest absolute Gasteiger partial charge is 0.129 e. The van der Waals surface area contributed by atoms with Crippen LogP contribution >= 0.6 is 11.6 Å². The molecule has 0 saturated heterocycles. The molecule has 1 N–H and O–H groups in total. The highest BCUT2D eigenvalue weighted by Crippen LogP contribution is 2.31. The summed E-state index contributed by atoms with van der Waals surface area (Å²) in [5.74, 6) is 0.615. The Morgan fingerprint density at radius 3 is 2.95 bits per heavy atom. The molecule has 2 aromatic rings. The molecule has 19 heavy (non-hydrogen) atoms. The van der Waals surface area contributed by atoms with Crippen LogP contribution < -0.4 is 10.1 Å². The van der Waals surface area contributed by atoms with Gasteiger partial charge < -0.3 is 10.1 Å². The topological polar surface area (TPSA) is 21.3 Å². The van der Waals surface area contributed by atoms with Gasteiger partial charge in [0.15, 0.2) is 0 Å². The molecule has 3 rings (SSSR count). The van der Waals surface area contributed by atoms with E-state index in [9.17, 15) is 4.39 Å². The summed E-state index contributed by atoms with van der Waals surface area (Å²) in [6.45, 7) is 1.03. The summed E-state index contributed by atoms with van der Waals surface area (Å²) < 4.78 is 19.2. The molecule has 0 amide bonds. The summed E-state index contributed by atoms with van der Waals surface area (Å²) >= 11 is 5.73. The fourth-order valence-corrected chi connectivity index (χ4v) is 2.39. The molecule has 0 bridgehead atoms. The highest BCUT2D eigenvalue weighted by atomic mass is 35.5. The van der Waals surface area contributed by atoms with Gasteiger partial charge in [0.05, 0.1) is 6.04 Å². The number of benzene rings is 2. The van der Waals surface area contributed by atoms with E-state index in [1.165, 1.54) is 6.07 Å². The second-order valence-corrected chi connectivity index (χ2v) is 4.95. The van der Waals surface area contributed by atoms with E-state index in [1.807, 2.05) is 24.3 Å². The molecule has 0 spiro atoms. The second kappa shape index (κ2) is 5.19. The molecule has 0 saturated carbocycles. The van der Waals surface area contributed by atoms with E-state index in [1.54, 1.807) is 12.1 Å². The van der Waals surface area contributed by atoms with Crippen molar-refractivity contribution in [3.63, 3.8) is 0 Å². The molecule has 2 nitrogen and oxygen atoms in total. The molecule has 1 unspecified atom stereocenters. The minimum absolute atomic E-state index is 0.103. The van der Waals surface area contributed by atoms with E-state index < -0.39 is 0 Å². The summed E-state index contributed by atoms with van der Waals surface area (Å²) in [6.07, 6.45) is 0. The number of ether oxygens (including phenoxy) is 1. The highest BCUT2D eigenvalue weighted by molar-refractivity contribution is 6.30. The molecule has 0 aliphatic carbocycles. The van der Waals surface area contributed by atoms with Crippen LogP contribution in [0.3, 0.4) is 0 Å². The first-order chi connectivity index (χ1) is 9.24. The molecule has 4 heteroatoms. The van der Waals surface area contributed by atoms with Gasteiger partial charge in [0, 0.05) is 22.7 Å². The average Bonchev–Trinajstić information content (AvgIpc) is 2.81. The zero-order chi connectivity index (χ0) is 13.2. The van der Waals surface area contributed by atoms with Gasteiger partial charge in [-0.05, 0) is 18.2 Å². The number of halogens is 2. The Bertz CT molecular complexity index is 602. The first-order valence-corrected chi connectivity index (χ1v) is 6.51. The van der Waals surface area contributed by atoms with Crippen LogP contribution in [0, 0.1) is 5.82 Å². The van der Waals surface area contributed by atoms with Crippen LogP contribution in [-0.4, -0.2) is 6.61 Å². The van der Waals surface area contributed by atoms with Gasteiger partial charge >= 0.3 is 0 Å². The van der Waals surface area contributed by atoms with Crippen LogP contribution in [0.4, 0.5) is 4.39 Å². The van der Waals surface area contributed by atoms with Crippen molar-refractivity contribution in [1.82, 2.24) is 5.32 Å². The number of rotatable bonds is 3. The Balaban J connectivity index is 1.71. The fourth-order valence-electron chi connectivity index (χ4n) is 2.23. The van der Waals surface area contributed by atoms with Gasteiger partial charge in [0.2, 0.25) is 0 Å². The van der Waals surface area contributed by atoms with Gasteiger partial charge in [-0.25, -0.2) is 4.39 Å². The average molecular weight is 278 g/mol. The predicted octanol–water partition coefficient (Wildman–Crippen LogP) is 3.70. The SMILES string of the molecule is Fc1cc(Cl)ccc1CNC1COc2ccccc21. The summed E-state index contributed by atoms with van der Waals surface area (Å²) in [5.41, 5.74) is 1.73. The van der Waals surface area contributed by atoms with Gasteiger partial charge in [0.1, 0.15) is 18.2 Å². The van der Waals surface area contributed by atoms with Crippen molar-refractivity contribution in [2.45, 2.75) is 12.6 Å². The molecule has 0 aromatic heterocycles. The molecule has 1 heterocycles. The zero-order valence-corrected chi connectivity index (χ0v) is 11.0. The lowest BCUT2D eigenvalue weighted by atomic mass is 10.1. The maximum Gasteiger partial charge on any atom is 0.129 e. The van der Waals surface area contributed by atoms with Crippen molar-refractivity contribution in [2.24, 2.45) is 0 Å². The van der Waals surface area contributed by atoms with E-state index in [0.29, 0.717) is 23.7 Å². The summed E-state index contributed by atoms with van der Waals surface area (Å²) in [4.78, 5) is 0. The largest absolute Gasteiger partial charge is 0.491 e. The van der Waals surface area contributed by atoms with Gasteiger partial charge in [0.25, 0.3) is 0 Å². The van der Waals surface area contributed by atoms with Crippen LogP contribution in [0.5, 0.6) is 5.75 Å². The Kier molecular flexibility index (Phi) is 3.40. The maximum absolute atomic E-state index is 13.7. The number of nitrogens with one attached hydrogen (secondary N) is 1. The number of fused-ring (bicyclic) bond motifs is 1. The van der Waals surface area contributed by atoms with Crippen LogP contribution in [-0.2, 0) is 6.54 Å². The molecule has 0 radical (unpaired) electrons. The number of hydrogen-bond acceptors (Lipinski definition) is 2. The molecule has 0 fully saturated rings. The lowest BCUT2D eigenvalue weighted by Crippen LogP contribution is -2.22. The third-order valence-electron chi connectivity index (χ3n) is 3.25. The third-order valence-corrected chi connectivity index (χ3v) is 3.49. The zero-order valence-electron chi connectivity index (χ0n) is 10.2. The van der Waals surface area contributed by atoms with Gasteiger partial charge in [-0.15, -0.1) is 0 Å². The van der Waals surface area contributed by atoms with Gasteiger partial charge in [-0.1, -0.05) is 35.9 Å². The van der Waals surface area contributed by atoms with Crippen molar-refractivity contribution < 1.29 is 9.13 Å². The first kappa shape index (κ1) is 12.5. The standard InChI is InChI=1S/C15H13ClFNO/c16-11-6-5-10(13(17)7-11)8-18-14-9-19-15-4-2-1-3-12(14)15/h1-7,14,18H,8-9H2. The van der Waals surface area contributed by atoms with Gasteiger partial charge in [-0.3, -0.25) is 0 Å². The molecule has 2 aromatic carbocycles. The normalized spacial score (nSPS) is 17.1. The van der Waals surface area contributed by atoms with Gasteiger partial charge in [-0.2, -0.15) is 0 Å². The van der Waals surface area contributed by atoms with E-state index >= 15 is 0 Å². The molecule has 1 atom stereocenters. The Morgan fingerprint density at radius 1 is 1.26 bits per heavy atom. The minimum Gasteiger partial charge on any atom is -0.491 e. The van der Waals surface area contributed by atoms with Crippen molar-refractivity contribution in [3.8, 4) is 5.75 Å². The van der Waals surface area contributed by atoms with Crippen LogP contribution in [0.2, 0.25) is 5.02 Å². The molecule has 1 aliphatic heterocycles. The van der Waals surface area contributed by atoms with Crippen molar-refractivity contribution in [3.05, 3.63) is 64.4 Å². The first-order valence-electron chi connectivity index (χ1n) is 6.13. The van der Waals surface area contributed by atoms with Crippen molar-refractivity contribution in [2.75, 3.05) is 6.61 Å². The summed E-state index contributed by atoms with van der Waals surface area (Å²) in [6, 6.07) is 12.7. The lowest BCUT2D eigenvalue weighted by molar-refractivity contribution is 0.310. The van der Waals surface area contributed by atoms with Crippen molar-refractivity contribution in [1.29, 1.82) is 0 Å². The number of hydrogen-bond donors (Lipinski definition) is 1. The quantitative estimate of drug-likeness (QED) is 0.924. The Hall–Kier alpha value is -1.58. The fraction of sp³-hybridized carbons (Fsp3) is 0.200. The lowest BCUT2D eigenvalue weighted by Gasteiger charge is -2.12. The van der Waals surface area contributed by atoms with E-state index in [0.717, 1.165) is 11.3 Å². The third kappa shape index (κ3) is 2.57. The van der Waals surface area contributed by atoms with E-state index in [-0.39, 0.29) is 11.9 Å². The monoisotopic (exact) mass is 277 g/mol. The summed E-state index contributed by atoms with van der Waals surface area (Å²) in [5, 5.41) is 3.72. The molecule has 1 aliphatic rings. The second-order valence-electron chi connectivity index (χ2n) is 4.52. The summed E-state index contributed by atoms with van der Waals surface area (Å²) in [7, 11) is 0. The van der Waals surface area contributed by atoms with E-state index in [4.69, 9.17) is 16.3 Å². The van der Waals surface area contributed by atoms with Crippen LogP contribution in [0.25, 0.3) is 0 Å². The number of para-hydroxylation sites is 1. The van der Waals surface area contributed by atoms with E-state index in [2.05, 4.69) is 5.32 Å². The van der Waals surface area contributed by atoms with Crippen LogP contribution in [0.15, 0.2) is 42.5 Å². The highest BCUT2D eigenvalue weighted by Gasteiger charge is 2.23. The van der Waals surface area contributed by atoms with Crippen molar-refractivity contribution >= 4 is 11.6 Å². The van der Waals surface area contributed by atoms with Crippen LogP contribution in [0.1, 0.15) is 17.2 Å². The predicted molar refractivity (Wildman–Crippen MR) is 72.9 cm³/mol. The minimum atomic E-state index is -0.285.